The largest absolute Gasteiger partial charge is 0.468 e. The van der Waals surface area contributed by atoms with Gasteiger partial charge in [-0.25, -0.2) is 0 Å². The van der Waals surface area contributed by atoms with Crippen molar-refractivity contribution in [2.24, 2.45) is 0 Å². The van der Waals surface area contributed by atoms with Gasteiger partial charge in [-0.2, -0.15) is 0 Å². The normalized spacial score (nSPS) is 13.8. The predicted octanol–water partition coefficient (Wildman–Crippen LogP) is 1.10. The van der Waals surface area contributed by atoms with E-state index in [4.69, 9.17) is 0 Å². The summed E-state index contributed by atoms with van der Waals surface area (Å²) >= 11 is 0. The smallest absolute Gasteiger partial charge is 0.325 e. The molecule has 1 aliphatic heterocycles. The van der Waals surface area contributed by atoms with Gasteiger partial charge in [0.1, 0.15) is 6.54 Å². The van der Waals surface area contributed by atoms with Gasteiger partial charge in [0.05, 0.1) is 23.3 Å². The second-order valence-corrected chi connectivity index (χ2v) is 4.91. The van der Waals surface area contributed by atoms with Crippen LogP contribution in [0.25, 0.3) is 0 Å². The Bertz CT molecular complexity index is 596. The second-order valence-electron chi connectivity index (χ2n) is 4.91. The Morgan fingerprint density at radius 1 is 1.36 bits per heavy atom. The van der Waals surface area contributed by atoms with Crippen LogP contribution in [-0.4, -0.2) is 43.5 Å². The molecule has 1 N–H and O–H groups in total. The first kappa shape index (κ1) is 15.7. The van der Waals surface area contributed by atoms with Crippen molar-refractivity contribution in [2.75, 3.05) is 31.6 Å². The number of rotatable bonds is 5. The fourth-order valence-corrected chi connectivity index (χ4v) is 2.37. The Labute approximate surface area is 127 Å². The summed E-state index contributed by atoms with van der Waals surface area (Å²) in [6.07, 6.45) is 2.03. The molecule has 2 rings (SSSR count). The van der Waals surface area contributed by atoms with Crippen LogP contribution < -0.4 is 10.2 Å². The van der Waals surface area contributed by atoms with Crippen LogP contribution >= 0.6 is 0 Å². The van der Waals surface area contributed by atoms with Crippen LogP contribution in [0.15, 0.2) is 18.2 Å². The van der Waals surface area contributed by atoms with Crippen molar-refractivity contribution in [2.45, 2.75) is 12.8 Å². The summed E-state index contributed by atoms with van der Waals surface area (Å²) in [6, 6.07) is 4.20. The summed E-state index contributed by atoms with van der Waals surface area (Å²) in [5.74, 6) is -1.11. The molecule has 1 aliphatic rings. The third kappa shape index (κ3) is 3.51. The van der Waals surface area contributed by atoms with E-state index in [0.29, 0.717) is 5.69 Å². The summed E-state index contributed by atoms with van der Waals surface area (Å²) < 4.78 is 4.46. The zero-order chi connectivity index (χ0) is 16.1. The monoisotopic (exact) mass is 307 g/mol. The molecule has 8 heteroatoms. The number of carbonyl (C=O) groups is 2. The van der Waals surface area contributed by atoms with E-state index in [1.165, 1.54) is 19.2 Å². The summed E-state index contributed by atoms with van der Waals surface area (Å²) in [5, 5.41) is 13.3. The first-order chi connectivity index (χ1) is 10.5. The first-order valence-electron chi connectivity index (χ1n) is 6.91. The zero-order valence-corrected chi connectivity index (χ0v) is 12.2. The molecule has 0 atom stereocenters. The molecule has 0 radical (unpaired) electrons. The molecule has 1 saturated heterocycles. The minimum absolute atomic E-state index is 0.161. The number of hydrogen-bond acceptors (Lipinski definition) is 6. The highest BCUT2D eigenvalue weighted by Gasteiger charge is 2.22. The van der Waals surface area contributed by atoms with Crippen LogP contribution in [0.2, 0.25) is 0 Å². The van der Waals surface area contributed by atoms with Crippen LogP contribution in [0.5, 0.6) is 0 Å². The van der Waals surface area contributed by atoms with E-state index in [1.807, 2.05) is 4.90 Å². The van der Waals surface area contributed by atoms with Gasteiger partial charge in [0.25, 0.3) is 11.6 Å². The van der Waals surface area contributed by atoms with Crippen LogP contribution in [-0.2, 0) is 9.53 Å². The Morgan fingerprint density at radius 3 is 2.64 bits per heavy atom. The molecule has 1 aromatic carbocycles. The molecule has 0 bridgehead atoms. The Morgan fingerprint density at radius 2 is 2.05 bits per heavy atom. The number of ether oxygens (including phenoxy) is 1. The number of benzene rings is 1. The highest BCUT2D eigenvalue weighted by molar-refractivity contribution is 6.01. The number of hydrogen-bond donors (Lipinski definition) is 1. The Kier molecular flexibility index (Phi) is 4.92. The van der Waals surface area contributed by atoms with Crippen LogP contribution in [0, 0.1) is 10.1 Å². The molecule has 1 amide bonds. The number of methoxy groups -OCH3 is 1. The van der Waals surface area contributed by atoms with Crippen LogP contribution in [0.3, 0.4) is 0 Å². The van der Waals surface area contributed by atoms with Crippen molar-refractivity contribution in [3.8, 4) is 0 Å². The standard InChI is InChI=1S/C14H17N3O5/c1-22-13(18)9-15-14(19)11-8-10(17(20)21)4-5-12(11)16-6-2-3-7-16/h4-5,8H,2-3,6-7,9H2,1H3,(H,15,19). The van der Waals surface area contributed by atoms with E-state index in [0.717, 1.165) is 25.9 Å². The Hall–Kier alpha value is -2.64. The van der Waals surface area contributed by atoms with E-state index in [1.54, 1.807) is 6.07 Å². The van der Waals surface area contributed by atoms with Gasteiger partial charge < -0.3 is 15.0 Å². The van der Waals surface area contributed by atoms with Crippen LogP contribution in [0.4, 0.5) is 11.4 Å². The van der Waals surface area contributed by atoms with Gasteiger partial charge in [-0.05, 0) is 18.9 Å². The van der Waals surface area contributed by atoms with Crippen molar-refractivity contribution in [3.63, 3.8) is 0 Å². The molecule has 0 aliphatic carbocycles. The van der Waals surface area contributed by atoms with Crippen molar-refractivity contribution in [1.29, 1.82) is 0 Å². The Balaban J connectivity index is 2.28. The van der Waals surface area contributed by atoms with E-state index < -0.39 is 16.8 Å². The number of nitrogens with zero attached hydrogens (tertiary/aromatic N) is 2. The van der Waals surface area contributed by atoms with Crippen molar-refractivity contribution in [1.82, 2.24) is 5.32 Å². The van der Waals surface area contributed by atoms with Gasteiger partial charge in [-0.3, -0.25) is 19.7 Å². The lowest BCUT2D eigenvalue weighted by Gasteiger charge is -2.20. The highest BCUT2D eigenvalue weighted by atomic mass is 16.6. The third-order valence-electron chi connectivity index (χ3n) is 3.50. The van der Waals surface area contributed by atoms with Gasteiger partial charge in [-0.15, -0.1) is 0 Å². The minimum atomic E-state index is -0.582. The molecular formula is C14H17N3O5. The molecule has 8 nitrogen and oxygen atoms in total. The number of nitro groups is 1. The van der Waals surface area contributed by atoms with E-state index >= 15 is 0 Å². The average molecular weight is 307 g/mol. The highest BCUT2D eigenvalue weighted by Crippen LogP contribution is 2.28. The molecule has 0 saturated carbocycles. The van der Waals surface area contributed by atoms with Crippen molar-refractivity contribution in [3.05, 3.63) is 33.9 Å². The number of anilines is 1. The second kappa shape index (κ2) is 6.88. The quantitative estimate of drug-likeness (QED) is 0.496. The average Bonchev–Trinajstić information content (AvgIpc) is 3.05. The summed E-state index contributed by atoms with van der Waals surface area (Å²) in [7, 11) is 1.22. The fraction of sp³-hybridized carbons (Fsp3) is 0.429. The maximum Gasteiger partial charge on any atom is 0.325 e. The van der Waals surface area contributed by atoms with Gasteiger partial charge in [0.15, 0.2) is 0 Å². The molecule has 1 heterocycles. The lowest BCUT2D eigenvalue weighted by Crippen LogP contribution is -2.32. The number of amides is 1. The lowest BCUT2D eigenvalue weighted by atomic mass is 10.1. The molecule has 22 heavy (non-hydrogen) atoms. The minimum Gasteiger partial charge on any atom is -0.468 e. The number of carbonyl (C=O) groups excluding carboxylic acids is 2. The number of esters is 1. The van der Waals surface area contributed by atoms with Gasteiger partial charge >= 0.3 is 5.97 Å². The molecule has 1 fully saturated rings. The summed E-state index contributed by atoms with van der Waals surface area (Å²) in [5.41, 5.74) is 0.677. The van der Waals surface area contributed by atoms with Gasteiger partial charge in [0, 0.05) is 25.2 Å². The number of nitro benzene ring substituents is 1. The number of non-ortho nitro benzene ring substituents is 1. The molecule has 118 valence electrons. The first-order valence-corrected chi connectivity index (χ1v) is 6.91. The van der Waals surface area contributed by atoms with Crippen molar-refractivity contribution >= 4 is 23.3 Å². The molecule has 0 spiro atoms. The third-order valence-corrected chi connectivity index (χ3v) is 3.50. The summed E-state index contributed by atoms with van der Waals surface area (Å²) in [4.78, 5) is 35.7. The van der Waals surface area contributed by atoms with Crippen LogP contribution in [0.1, 0.15) is 23.2 Å². The van der Waals surface area contributed by atoms with Gasteiger partial charge in [-0.1, -0.05) is 0 Å². The summed E-state index contributed by atoms with van der Waals surface area (Å²) in [6.45, 7) is 1.32. The molecule has 0 unspecified atom stereocenters. The maximum absolute atomic E-state index is 12.2. The topological polar surface area (TPSA) is 102 Å². The van der Waals surface area contributed by atoms with Gasteiger partial charge in [0.2, 0.25) is 0 Å². The van der Waals surface area contributed by atoms with Crippen molar-refractivity contribution < 1.29 is 19.2 Å². The maximum atomic E-state index is 12.2. The molecule has 0 aromatic heterocycles. The fourth-order valence-electron chi connectivity index (χ4n) is 2.37. The predicted molar refractivity (Wildman–Crippen MR) is 78.9 cm³/mol. The SMILES string of the molecule is COC(=O)CNC(=O)c1cc([N+](=O)[O-])ccc1N1CCCC1. The zero-order valence-electron chi connectivity index (χ0n) is 12.2. The molecular weight excluding hydrogens is 290 g/mol. The van der Waals surface area contributed by atoms with E-state index in [-0.39, 0.29) is 17.8 Å². The van der Waals surface area contributed by atoms with E-state index in [2.05, 4.69) is 10.1 Å². The van der Waals surface area contributed by atoms with E-state index in [9.17, 15) is 19.7 Å². The number of nitrogens with one attached hydrogen (secondary N) is 1. The lowest BCUT2D eigenvalue weighted by molar-refractivity contribution is -0.384. The molecule has 1 aromatic rings.